The highest BCUT2D eigenvalue weighted by molar-refractivity contribution is 9.10. The number of halogens is 1. The smallest absolute Gasteiger partial charge is 0.234 e. The Morgan fingerprint density at radius 3 is 3.00 bits per heavy atom. The third-order valence-corrected chi connectivity index (χ3v) is 4.76. The Morgan fingerprint density at radius 1 is 1.53 bits per heavy atom. The van der Waals surface area contributed by atoms with Gasteiger partial charge in [-0.25, -0.2) is 0 Å². The maximum absolute atomic E-state index is 11.4. The van der Waals surface area contributed by atoms with E-state index in [1.54, 1.807) is 16.4 Å². The first-order valence-corrected chi connectivity index (χ1v) is 7.39. The molecule has 1 aliphatic heterocycles. The maximum atomic E-state index is 11.4. The summed E-state index contributed by atoms with van der Waals surface area (Å²) in [5, 5.41) is 7.05. The van der Waals surface area contributed by atoms with E-state index in [1.165, 1.54) is 0 Å². The van der Waals surface area contributed by atoms with Crippen molar-refractivity contribution in [2.75, 3.05) is 16.8 Å². The number of carbonyl (C=O) groups is 1. The number of hydrogen-bond donors (Lipinski definition) is 2. The molecule has 0 spiro atoms. The molecule has 98 valence electrons. The van der Waals surface area contributed by atoms with Gasteiger partial charge >= 0.3 is 0 Å². The SMILES string of the molecule is Cn1nc(N)c(Br)c1-c1ccc2c(c1)NC(=O)CS2. The van der Waals surface area contributed by atoms with E-state index in [4.69, 9.17) is 5.73 Å². The first-order valence-electron chi connectivity index (χ1n) is 5.61. The van der Waals surface area contributed by atoms with Crippen molar-refractivity contribution in [3.8, 4) is 11.3 Å². The van der Waals surface area contributed by atoms with Crippen molar-refractivity contribution >= 4 is 45.1 Å². The molecule has 2 aromatic rings. The van der Waals surface area contributed by atoms with Gasteiger partial charge in [0.15, 0.2) is 5.82 Å². The Hall–Kier alpha value is -1.47. The first-order chi connectivity index (χ1) is 9.06. The van der Waals surface area contributed by atoms with Crippen LogP contribution in [0, 0.1) is 0 Å². The van der Waals surface area contributed by atoms with Crippen molar-refractivity contribution in [1.29, 1.82) is 0 Å². The van der Waals surface area contributed by atoms with E-state index in [9.17, 15) is 4.79 Å². The van der Waals surface area contributed by atoms with Crippen molar-refractivity contribution in [3.63, 3.8) is 0 Å². The van der Waals surface area contributed by atoms with Crippen molar-refractivity contribution in [2.45, 2.75) is 4.90 Å². The summed E-state index contributed by atoms with van der Waals surface area (Å²) in [4.78, 5) is 12.5. The Balaban J connectivity index is 2.11. The number of carbonyl (C=O) groups excluding carboxylic acids is 1. The number of thioether (sulfide) groups is 1. The van der Waals surface area contributed by atoms with Crippen molar-refractivity contribution < 1.29 is 4.79 Å². The van der Waals surface area contributed by atoms with Crippen LogP contribution in [0.25, 0.3) is 11.3 Å². The lowest BCUT2D eigenvalue weighted by atomic mass is 10.1. The highest BCUT2D eigenvalue weighted by Gasteiger charge is 2.18. The average Bonchev–Trinajstić information content (AvgIpc) is 2.62. The topological polar surface area (TPSA) is 72.9 Å². The quantitative estimate of drug-likeness (QED) is 0.837. The summed E-state index contributed by atoms with van der Waals surface area (Å²) in [5.74, 6) is 0.946. The predicted molar refractivity (Wildman–Crippen MR) is 80.1 cm³/mol. The van der Waals surface area contributed by atoms with Gasteiger partial charge in [0.05, 0.1) is 21.6 Å². The standard InChI is InChI=1S/C12H11BrN4OS/c1-17-11(10(13)12(14)16-17)6-2-3-8-7(4-6)15-9(18)5-19-8/h2-4H,5H2,1H3,(H2,14,16)(H,15,18). The van der Waals surface area contributed by atoms with Gasteiger partial charge in [-0.1, -0.05) is 6.07 Å². The second-order valence-corrected chi connectivity index (χ2v) is 6.03. The normalized spacial score (nSPS) is 14.1. The Labute approximate surface area is 122 Å². The molecule has 19 heavy (non-hydrogen) atoms. The number of aryl methyl sites for hydroxylation is 1. The zero-order chi connectivity index (χ0) is 13.6. The number of fused-ring (bicyclic) bond motifs is 1. The Morgan fingerprint density at radius 2 is 2.32 bits per heavy atom. The van der Waals surface area contributed by atoms with Gasteiger partial charge < -0.3 is 11.1 Å². The fourth-order valence-electron chi connectivity index (χ4n) is 2.06. The Bertz CT molecular complexity index is 683. The van der Waals surface area contributed by atoms with Crippen molar-refractivity contribution in [1.82, 2.24) is 9.78 Å². The molecule has 0 bridgehead atoms. The summed E-state index contributed by atoms with van der Waals surface area (Å²) >= 11 is 4.99. The zero-order valence-corrected chi connectivity index (χ0v) is 12.5. The summed E-state index contributed by atoms with van der Waals surface area (Å²) < 4.78 is 2.49. The summed E-state index contributed by atoms with van der Waals surface area (Å²) in [6.07, 6.45) is 0. The second kappa shape index (κ2) is 4.57. The third-order valence-electron chi connectivity index (χ3n) is 2.90. The van der Waals surface area contributed by atoms with Crippen LogP contribution in [-0.4, -0.2) is 21.4 Å². The van der Waals surface area contributed by atoms with Crippen LogP contribution >= 0.6 is 27.7 Å². The maximum Gasteiger partial charge on any atom is 0.234 e. The predicted octanol–water partition coefficient (Wildman–Crippen LogP) is 2.48. The molecule has 0 unspecified atom stereocenters. The minimum atomic E-state index is 0.0261. The summed E-state index contributed by atoms with van der Waals surface area (Å²) in [5.41, 5.74) is 8.48. The fraction of sp³-hybridized carbons (Fsp3) is 0.167. The second-order valence-electron chi connectivity index (χ2n) is 4.22. The van der Waals surface area contributed by atoms with Crippen LogP contribution in [0.5, 0.6) is 0 Å². The largest absolute Gasteiger partial charge is 0.381 e. The van der Waals surface area contributed by atoms with Crippen molar-refractivity contribution in [2.24, 2.45) is 7.05 Å². The molecule has 0 saturated heterocycles. The summed E-state index contributed by atoms with van der Waals surface area (Å²) in [6, 6.07) is 5.95. The molecule has 7 heteroatoms. The number of nitrogen functional groups attached to an aromatic ring is 1. The summed E-state index contributed by atoms with van der Waals surface area (Å²) in [6.45, 7) is 0. The number of nitrogens with one attached hydrogen (secondary N) is 1. The van der Waals surface area contributed by atoms with Crippen LogP contribution in [0.2, 0.25) is 0 Å². The van der Waals surface area contributed by atoms with Gasteiger partial charge in [0.25, 0.3) is 0 Å². The molecule has 5 nitrogen and oxygen atoms in total. The Kier molecular flexibility index (Phi) is 3.02. The molecule has 2 heterocycles. The number of benzene rings is 1. The highest BCUT2D eigenvalue weighted by Crippen LogP contribution is 2.38. The molecule has 1 aliphatic rings. The van der Waals surface area contributed by atoms with Gasteiger partial charge in [-0.2, -0.15) is 5.10 Å². The number of amides is 1. The monoisotopic (exact) mass is 338 g/mol. The van der Waals surface area contributed by atoms with Crippen LogP contribution in [0.1, 0.15) is 0 Å². The minimum Gasteiger partial charge on any atom is -0.381 e. The molecule has 3 rings (SSSR count). The van der Waals surface area contributed by atoms with Crippen LogP contribution in [-0.2, 0) is 11.8 Å². The molecule has 0 aliphatic carbocycles. The minimum absolute atomic E-state index is 0.0261. The van der Waals surface area contributed by atoms with E-state index in [2.05, 4.69) is 26.3 Å². The number of nitrogens with two attached hydrogens (primary N) is 1. The third kappa shape index (κ3) is 2.12. The van der Waals surface area contributed by atoms with Gasteiger partial charge in [-0.15, -0.1) is 11.8 Å². The highest BCUT2D eigenvalue weighted by atomic mass is 79.9. The van der Waals surface area contributed by atoms with Gasteiger partial charge in [-0.3, -0.25) is 9.48 Å². The zero-order valence-electron chi connectivity index (χ0n) is 10.1. The lowest BCUT2D eigenvalue weighted by Crippen LogP contribution is -2.18. The first kappa shape index (κ1) is 12.6. The molecule has 0 atom stereocenters. The van der Waals surface area contributed by atoms with E-state index in [0.717, 1.165) is 26.3 Å². The number of rotatable bonds is 1. The van der Waals surface area contributed by atoms with Crippen LogP contribution in [0.15, 0.2) is 27.6 Å². The number of nitrogens with zero attached hydrogens (tertiary/aromatic N) is 2. The molecule has 1 amide bonds. The van der Waals surface area contributed by atoms with E-state index >= 15 is 0 Å². The van der Waals surface area contributed by atoms with E-state index in [1.807, 2.05) is 25.2 Å². The average molecular weight is 339 g/mol. The van der Waals surface area contributed by atoms with Crippen LogP contribution < -0.4 is 11.1 Å². The van der Waals surface area contributed by atoms with Crippen LogP contribution in [0.4, 0.5) is 11.5 Å². The lowest BCUT2D eigenvalue weighted by molar-refractivity contribution is -0.113. The molecule has 1 aromatic carbocycles. The number of anilines is 2. The number of hydrogen-bond acceptors (Lipinski definition) is 4. The molecule has 0 fully saturated rings. The van der Waals surface area contributed by atoms with Crippen LogP contribution in [0.3, 0.4) is 0 Å². The van der Waals surface area contributed by atoms with Gasteiger partial charge in [0, 0.05) is 17.5 Å². The van der Waals surface area contributed by atoms with E-state index in [0.29, 0.717) is 11.6 Å². The molecule has 0 radical (unpaired) electrons. The van der Waals surface area contributed by atoms with Gasteiger partial charge in [-0.05, 0) is 28.1 Å². The molecular weight excluding hydrogens is 328 g/mol. The molecule has 0 saturated carbocycles. The van der Waals surface area contributed by atoms with E-state index < -0.39 is 0 Å². The number of aromatic nitrogens is 2. The van der Waals surface area contributed by atoms with Gasteiger partial charge in [0.1, 0.15) is 0 Å². The molecule has 3 N–H and O–H groups in total. The molecular formula is C12H11BrN4OS. The lowest BCUT2D eigenvalue weighted by Gasteiger charge is -2.17. The van der Waals surface area contributed by atoms with Gasteiger partial charge in [0.2, 0.25) is 5.91 Å². The summed E-state index contributed by atoms with van der Waals surface area (Å²) in [7, 11) is 1.84. The van der Waals surface area contributed by atoms with E-state index in [-0.39, 0.29) is 5.91 Å². The fourth-order valence-corrected chi connectivity index (χ4v) is 3.42. The molecule has 1 aromatic heterocycles. The van der Waals surface area contributed by atoms with Crippen molar-refractivity contribution in [3.05, 3.63) is 22.7 Å².